The molecule has 0 heterocycles. The van der Waals surface area contributed by atoms with Crippen LogP contribution in [0.1, 0.15) is 33.6 Å². The first-order valence-electron chi connectivity index (χ1n) is 6.00. The van der Waals surface area contributed by atoms with E-state index in [4.69, 9.17) is 0 Å². The first-order valence-corrected chi connectivity index (χ1v) is 7.90. The highest BCUT2D eigenvalue weighted by atomic mass is 32.2. The number of hydrogen-bond donors (Lipinski definition) is 2. The van der Waals surface area contributed by atoms with E-state index in [2.05, 4.69) is 15.6 Å². The molecule has 0 aromatic carbocycles. The van der Waals surface area contributed by atoms with Gasteiger partial charge in [-0.05, 0) is 33.6 Å². The Morgan fingerprint density at radius 2 is 2.00 bits per heavy atom. The molecule has 0 atom stereocenters. The second-order valence-electron chi connectivity index (χ2n) is 5.15. The van der Waals surface area contributed by atoms with Gasteiger partial charge in [0, 0.05) is 18.8 Å². The van der Waals surface area contributed by atoms with Crippen LogP contribution in [0.4, 0.5) is 0 Å². The summed E-state index contributed by atoms with van der Waals surface area (Å²) in [6.07, 6.45) is 3.59. The molecular weight excluding hydrogens is 238 g/mol. The van der Waals surface area contributed by atoms with Gasteiger partial charge >= 0.3 is 0 Å². The molecule has 0 amide bonds. The first kappa shape index (κ1) is 14.3. The van der Waals surface area contributed by atoms with E-state index in [1.807, 2.05) is 6.92 Å². The van der Waals surface area contributed by atoms with Crippen molar-refractivity contribution in [1.82, 2.24) is 10.6 Å². The van der Waals surface area contributed by atoms with Crippen LogP contribution in [-0.2, 0) is 9.84 Å². The molecule has 0 aliphatic heterocycles. The largest absolute Gasteiger partial charge is 0.357 e. The van der Waals surface area contributed by atoms with Gasteiger partial charge in [0.15, 0.2) is 15.8 Å². The zero-order valence-electron chi connectivity index (χ0n) is 11.1. The molecule has 0 saturated heterocycles. The number of aliphatic imine (C=N–C) groups is 1. The van der Waals surface area contributed by atoms with Crippen molar-refractivity contribution >= 4 is 15.8 Å². The molecular formula is C11H23N3O2S. The van der Waals surface area contributed by atoms with Gasteiger partial charge in [0.05, 0.1) is 11.3 Å². The maximum Gasteiger partial charge on any atom is 0.191 e. The van der Waals surface area contributed by atoms with Gasteiger partial charge in [-0.3, -0.25) is 4.99 Å². The fourth-order valence-corrected chi connectivity index (χ4v) is 1.43. The fraction of sp³-hybridized carbons (Fsp3) is 0.909. The molecule has 0 aromatic heterocycles. The summed E-state index contributed by atoms with van der Waals surface area (Å²) in [5.74, 6) is 0.715. The Morgan fingerprint density at radius 1 is 1.41 bits per heavy atom. The van der Waals surface area contributed by atoms with E-state index < -0.39 is 14.6 Å². The van der Waals surface area contributed by atoms with E-state index in [-0.39, 0.29) is 6.54 Å². The molecule has 17 heavy (non-hydrogen) atoms. The second-order valence-corrected chi connectivity index (χ2v) is 7.80. The van der Waals surface area contributed by atoms with Crippen LogP contribution in [0.5, 0.6) is 0 Å². The van der Waals surface area contributed by atoms with Crippen molar-refractivity contribution in [2.45, 2.75) is 44.4 Å². The highest BCUT2D eigenvalue weighted by Crippen LogP contribution is 2.19. The summed E-state index contributed by atoms with van der Waals surface area (Å²) in [6, 6.07) is 0.508. The lowest BCUT2D eigenvalue weighted by Gasteiger charge is -2.21. The zero-order valence-corrected chi connectivity index (χ0v) is 11.9. The van der Waals surface area contributed by atoms with Gasteiger partial charge in [-0.1, -0.05) is 0 Å². The number of guanidine groups is 1. The molecule has 0 aromatic rings. The summed E-state index contributed by atoms with van der Waals surface area (Å²) in [5, 5.41) is 6.38. The van der Waals surface area contributed by atoms with Gasteiger partial charge in [-0.2, -0.15) is 0 Å². The number of nitrogens with zero attached hydrogens (tertiary/aromatic N) is 1. The van der Waals surface area contributed by atoms with Crippen LogP contribution in [0, 0.1) is 0 Å². The molecule has 1 fully saturated rings. The second kappa shape index (κ2) is 5.25. The summed E-state index contributed by atoms with van der Waals surface area (Å²) < 4.78 is 22.3. The molecule has 0 radical (unpaired) electrons. The molecule has 6 heteroatoms. The molecule has 0 unspecified atom stereocenters. The van der Waals surface area contributed by atoms with E-state index in [0.717, 1.165) is 6.54 Å². The number of hydrogen-bond acceptors (Lipinski definition) is 3. The number of sulfone groups is 1. The Bertz CT molecular complexity index is 384. The Balaban J connectivity index is 2.63. The summed E-state index contributed by atoms with van der Waals surface area (Å²) in [7, 11) is -3.09. The normalized spacial score (nSPS) is 18.0. The van der Waals surface area contributed by atoms with Crippen LogP contribution in [0.15, 0.2) is 4.99 Å². The number of nitrogens with one attached hydrogen (secondary N) is 2. The van der Waals surface area contributed by atoms with Crippen molar-refractivity contribution in [2.24, 2.45) is 4.99 Å². The Kier molecular flexibility index (Phi) is 4.41. The SMILES string of the molecule is CCNC(=NCC(C)(C)S(C)(=O)=O)NC1CC1. The van der Waals surface area contributed by atoms with Gasteiger partial charge < -0.3 is 10.6 Å². The van der Waals surface area contributed by atoms with Gasteiger partial charge in [0.1, 0.15) is 0 Å². The summed E-state index contributed by atoms with van der Waals surface area (Å²) in [4.78, 5) is 4.35. The third-order valence-corrected chi connectivity index (χ3v) is 5.02. The molecule has 1 rings (SSSR count). The minimum absolute atomic E-state index is 0.272. The van der Waals surface area contributed by atoms with Crippen LogP contribution >= 0.6 is 0 Å². The Labute approximate surface area is 104 Å². The molecule has 5 nitrogen and oxygen atoms in total. The minimum atomic E-state index is -3.09. The van der Waals surface area contributed by atoms with E-state index in [1.165, 1.54) is 19.1 Å². The van der Waals surface area contributed by atoms with Gasteiger partial charge in [0.2, 0.25) is 0 Å². The smallest absolute Gasteiger partial charge is 0.191 e. The molecule has 2 N–H and O–H groups in total. The summed E-state index contributed by atoms with van der Waals surface area (Å²) in [5.41, 5.74) is 0. The Morgan fingerprint density at radius 3 is 2.41 bits per heavy atom. The quantitative estimate of drug-likeness (QED) is 0.559. The van der Waals surface area contributed by atoms with Crippen molar-refractivity contribution in [3.05, 3.63) is 0 Å². The lowest BCUT2D eigenvalue weighted by Crippen LogP contribution is -2.41. The average molecular weight is 261 g/mol. The lowest BCUT2D eigenvalue weighted by molar-refractivity contribution is 0.554. The third kappa shape index (κ3) is 4.53. The molecule has 100 valence electrons. The predicted molar refractivity (Wildman–Crippen MR) is 71.1 cm³/mol. The average Bonchev–Trinajstić information content (AvgIpc) is 2.97. The van der Waals surface area contributed by atoms with Gasteiger partial charge in [0.25, 0.3) is 0 Å². The molecule has 0 spiro atoms. The third-order valence-electron chi connectivity index (χ3n) is 2.88. The molecule has 1 aliphatic rings. The monoisotopic (exact) mass is 261 g/mol. The molecule has 1 saturated carbocycles. The predicted octanol–water partition coefficient (Wildman–Crippen LogP) is 0.527. The van der Waals surface area contributed by atoms with E-state index >= 15 is 0 Å². The van der Waals surface area contributed by atoms with E-state index in [0.29, 0.717) is 12.0 Å². The molecule has 1 aliphatic carbocycles. The fourth-order valence-electron chi connectivity index (χ4n) is 1.13. The van der Waals surface area contributed by atoms with Crippen molar-refractivity contribution < 1.29 is 8.42 Å². The zero-order chi connectivity index (χ0) is 13.1. The highest BCUT2D eigenvalue weighted by Gasteiger charge is 2.30. The van der Waals surface area contributed by atoms with Crippen molar-refractivity contribution in [3.63, 3.8) is 0 Å². The van der Waals surface area contributed by atoms with E-state index in [1.54, 1.807) is 13.8 Å². The van der Waals surface area contributed by atoms with Gasteiger partial charge in [-0.25, -0.2) is 8.42 Å². The topological polar surface area (TPSA) is 70.6 Å². The van der Waals surface area contributed by atoms with Crippen LogP contribution in [0.2, 0.25) is 0 Å². The maximum atomic E-state index is 11.5. The summed E-state index contributed by atoms with van der Waals surface area (Å²) >= 11 is 0. The van der Waals surface area contributed by atoms with Crippen LogP contribution in [0.3, 0.4) is 0 Å². The molecule has 0 bridgehead atoms. The highest BCUT2D eigenvalue weighted by molar-refractivity contribution is 7.92. The van der Waals surface area contributed by atoms with Crippen LogP contribution < -0.4 is 10.6 Å². The minimum Gasteiger partial charge on any atom is -0.357 e. The van der Waals surface area contributed by atoms with Crippen LogP contribution in [0.25, 0.3) is 0 Å². The van der Waals surface area contributed by atoms with E-state index in [9.17, 15) is 8.42 Å². The first-order chi connectivity index (χ1) is 7.76. The standard InChI is InChI=1S/C11H23N3O2S/c1-5-12-10(14-9-6-7-9)13-8-11(2,3)17(4,15)16/h9H,5-8H2,1-4H3,(H2,12,13,14). The van der Waals surface area contributed by atoms with Crippen molar-refractivity contribution in [2.75, 3.05) is 19.3 Å². The Hall–Kier alpha value is -0.780. The van der Waals surface area contributed by atoms with Crippen molar-refractivity contribution in [1.29, 1.82) is 0 Å². The number of rotatable bonds is 5. The van der Waals surface area contributed by atoms with Crippen molar-refractivity contribution in [3.8, 4) is 0 Å². The summed E-state index contributed by atoms with van der Waals surface area (Å²) in [6.45, 7) is 6.44. The van der Waals surface area contributed by atoms with Gasteiger partial charge in [-0.15, -0.1) is 0 Å². The lowest BCUT2D eigenvalue weighted by atomic mass is 10.2. The maximum absolute atomic E-state index is 11.5. The van der Waals surface area contributed by atoms with Crippen LogP contribution in [-0.4, -0.2) is 44.5 Å².